The van der Waals surface area contributed by atoms with E-state index in [2.05, 4.69) is 10.2 Å². The normalized spacial score (nSPS) is 19.5. The van der Waals surface area contributed by atoms with Gasteiger partial charge in [0.2, 0.25) is 5.91 Å². The SMILES string of the molecule is COc1ccc([C@@H]2[C@@H](CO)OCCN2C(=O)CCCc2cn[nH]c2)cc1OC. The van der Waals surface area contributed by atoms with Crippen LogP contribution in [0.1, 0.15) is 30.0 Å². The molecule has 152 valence electrons. The highest BCUT2D eigenvalue weighted by atomic mass is 16.5. The number of carbonyl (C=O) groups is 1. The number of amides is 1. The minimum absolute atomic E-state index is 0.0463. The van der Waals surface area contributed by atoms with Crippen molar-refractivity contribution in [2.75, 3.05) is 34.0 Å². The van der Waals surface area contributed by atoms with Crippen molar-refractivity contribution in [1.29, 1.82) is 0 Å². The minimum atomic E-state index is -0.482. The van der Waals surface area contributed by atoms with Crippen LogP contribution >= 0.6 is 0 Å². The molecule has 3 rings (SSSR count). The summed E-state index contributed by atoms with van der Waals surface area (Å²) in [6.45, 7) is 0.723. The Hall–Kier alpha value is -2.58. The number of rotatable bonds is 8. The Morgan fingerprint density at radius 1 is 1.36 bits per heavy atom. The number of aliphatic hydroxyl groups excluding tert-OH is 1. The summed E-state index contributed by atoms with van der Waals surface area (Å²) in [5.74, 6) is 1.24. The number of aromatic nitrogens is 2. The van der Waals surface area contributed by atoms with E-state index in [0.29, 0.717) is 31.1 Å². The quantitative estimate of drug-likeness (QED) is 0.713. The third-order valence-corrected chi connectivity index (χ3v) is 5.01. The van der Waals surface area contributed by atoms with E-state index >= 15 is 0 Å². The summed E-state index contributed by atoms with van der Waals surface area (Å²) in [6, 6.07) is 5.15. The average Bonchev–Trinajstić information content (AvgIpc) is 3.26. The number of nitrogens with zero attached hydrogens (tertiary/aromatic N) is 2. The molecule has 2 aromatic rings. The summed E-state index contributed by atoms with van der Waals surface area (Å²) in [5, 5.41) is 16.5. The van der Waals surface area contributed by atoms with Gasteiger partial charge in [0.05, 0.1) is 39.7 Å². The molecule has 2 heterocycles. The lowest BCUT2D eigenvalue weighted by Crippen LogP contribution is -2.49. The van der Waals surface area contributed by atoms with Gasteiger partial charge in [0.15, 0.2) is 11.5 Å². The topological polar surface area (TPSA) is 96.9 Å². The van der Waals surface area contributed by atoms with Gasteiger partial charge in [-0.15, -0.1) is 0 Å². The van der Waals surface area contributed by atoms with Gasteiger partial charge in [-0.3, -0.25) is 9.89 Å². The summed E-state index contributed by atoms with van der Waals surface area (Å²) in [4.78, 5) is 14.8. The molecule has 1 amide bonds. The Morgan fingerprint density at radius 2 is 2.18 bits per heavy atom. The lowest BCUT2D eigenvalue weighted by molar-refractivity contribution is -0.150. The maximum absolute atomic E-state index is 13.0. The van der Waals surface area contributed by atoms with Crippen LogP contribution in [-0.2, 0) is 16.0 Å². The van der Waals surface area contributed by atoms with Crippen molar-refractivity contribution in [3.8, 4) is 11.5 Å². The van der Waals surface area contributed by atoms with Crippen molar-refractivity contribution in [3.05, 3.63) is 41.7 Å². The molecule has 0 radical (unpaired) electrons. The van der Waals surface area contributed by atoms with Gasteiger partial charge < -0.3 is 24.2 Å². The smallest absolute Gasteiger partial charge is 0.223 e. The molecule has 1 aliphatic heterocycles. The van der Waals surface area contributed by atoms with Gasteiger partial charge >= 0.3 is 0 Å². The van der Waals surface area contributed by atoms with Crippen molar-refractivity contribution >= 4 is 5.91 Å². The molecule has 8 heteroatoms. The Bertz CT molecular complexity index is 765. The fourth-order valence-electron chi connectivity index (χ4n) is 3.60. The molecule has 8 nitrogen and oxygen atoms in total. The molecule has 2 N–H and O–H groups in total. The zero-order valence-electron chi connectivity index (χ0n) is 16.3. The van der Waals surface area contributed by atoms with Crippen LogP contribution in [0.2, 0.25) is 0 Å². The van der Waals surface area contributed by atoms with Crippen LogP contribution in [0.3, 0.4) is 0 Å². The highest BCUT2D eigenvalue weighted by Gasteiger charge is 2.36. The van der Waals surface area contributed by atoms with Crippen molar-refractivity contribution in [3.63, 3.8) is 0 Å². The van der Waals surface area contributed by atoms with Gasteiger partial charge in [-0.05, 0) is 36.1 Å². The van der Waals surface area contributed by atoms with Gasteiger partial charge in [-0.2, -0.15) is 5.10 Å². The molecular weight excluding hydrogens is 362 g/mol. The average molecular weight is 389 g/mol. The first-order valence-electron chi connectivity index (χ1n) is 9.39. The zero-order valence-corrected chi connectivity index (χ0v) is 16.3. The van der Waals surface area contributed by atoms with Crippen molar-refractivity contribution in [1.82, 2.24) is 15.1 Å². The Labute approximate surface area is 164 Å². The Balaban J connectivity index is 1.77. The maximum Gasteiger partial charge on any atom is 0.223 e. The van der Waals surface area contributed by atoms with Crippen LogP contribution in [0.5, 0.6) is 11.5 Å². The molecule has 1 saturated heterocycles. The van der Waals surface area contributed by atoms with Gasteiger partial charge in [0.25, 0.3) is 0 Å². The van der Waals surface area contributed by atoms with E-state index < -0.39 is 6.10 Å². The van der Waals surface area contributed by atoms with E-state index in [-0.39, 0.29) is 18.6 Å². The number of ether oxygens (including phenoxy) is 3. The summed E-state index contributed by atoms with van der Waals surface area (Å²) in [5.41, 5.74) is 1.93. The Kier molecular flexibility index (Phi) is 6.89. The molecule has 0 saturated carbocycles. The molecule has 2 atom stereocenters. The number of hydrogen-bond acceptors (Lipinski definition) is 6. The minimum Gasteiger partial charge on any atom is -0.493 e. The lowest BCUT2D eigenvalue weighted by Gasteiger charge is -2.41. The van der Waals surface area contributed by atoms with Crippen LogP contribution < -0.4 is 9.47 Å². The fourth-order valence-corrected chi connectivity index (χ4v) is 3.60. The number of aryl methyl sites for hydroxylation is 1. The molecule has 0 spiro atoms. The molecule has 0 aliphatic carbocycles. The highest BCUT2D eigenvalue weighted by Crippen LogP contribution is 2.36. The number of benzene rings is 1. The van der Waals surface area contributed by atoms with Crippen molar-refractivity contribution in [2.45, 2.75) is 31.4 Å². The van der Waals surface area contributed by atoms with E-state index in [9.17, 15) is 9.90 Å². The Morgan fingerprint density at radius 3 is 2.86 bits per heavy atom. The summed E-state index contributed by atoms with van der Waals surface area (Å²) < 4.78 is 16.4. The van der Waals surface area contributed by atoms with E-state index in [1.165, 1.54) is 0 Å². The summed E-state index contributed by atoms with van der Waals surface area (Å²) >= 11 is 0. The second-order valence-electron chi connectivity index (χ2n) is 6.70. The third kappa shape index (κ3) is 4.45. The standard InChI is InChI=1S/C20H27N3O5/c1-26-16-7-6-15(10-17(16)27-2)20-18(13-24)28-9-8-23(20)19(25)5-3-4-14-11-21-22-12-14/h6-7,10-12,18,20,24H,3-5,8-9,13H2,1-2H3,(H,21,22)/t18-,20-/m1/s1. The first-order valence-corrected chi connectivity index (χ1v) is 9.39. The van der Waals surface area contributed by atoms with Crippen LogP contribution in [0.25, 0.3) is 0 Å². The lowest BCUT2D eigenvalue weighted by atomic mass is 9.97. The first-order chi connectivity index (χ1) is 13.7. The molecule has 0 bridgehead atoms. The molecule has 28 heavy (non-hydrogen) atoms. The number of carbonyl (C=O) groups excluding carboxylic acids is 1. The maximum atomic E-state index is 13.0. The van der Waals surface area contributed by atoms with E-state index in [0.717, 1.165) is 24.0 Å². The van der Waals surface area contributed by atoms with Gasteiger partial charge in [-0.1, -0.05) is 6.07 Å². The number of aromatic amines is 1. The number of aliphatic hydroxyl groups is 1. The van der Waals surface area contributed by atoms with Crippen molar-refractivity contribution in [2.24, 2.45) is 0 Å². The van der Waals surface area contributed by atoms with Gasteiger partial charge in [0.1, 0.15) is 6.10 Å². The zero-order chi connectivity index (χ0) is 19.9. The number of morpholine rings is 1. The number of H-pyrrole nitrogens is 1. The van der Waals surface area contributed by atoms with Crippen LogP contribution in [-0.4, -0.2) is 66.2 Å². The second-order valence-corrected chi connectivity index (χ2v) is 6.70. The molecular formula is C20H27N3O5. The van der Waals surface area contributed by atoms with Crippen LogP contribution in [0.15, 0.2) is 30.6 Å². The molecule has 1 aliphatic rings. The van der Waals surface area contributed by atoms with Gasteiger partial charge in [-0.25, -0.2) is 0 Å². The predicted octanol–water partition coefficient (Wildman–Crippen LogP) is 1.71. The number of hydrogen-bond donors (Lipinski definition) is 2. The molecule has 0 unspecified atom stereocenters. The first kappa shape index (κ1) is 20.2. The van der Waals surface area contributed by atoms with E-state index in [1.807, 2.05) is 18.3 Å². The predicted molar refractivity (Wildman–Crippen MR) is 102 cm³/mol. The van der Waals surface area contributed by atoms with Crippen LogP contribution in [0, 0.1) is 0 Å². The summed E-state index contributed by atoms with van der Waals surface area (Å²) in [6.07, 6.45) is 5.08. The molecule has 1 fully saturated rings. The third-order valence-electron chi connectivity index (χ3n) is 5.01. The highest BCUT2D eigenvalue weighted by molar-refractivity contribution is 5.77. The van der Waals surface area contributed by atoms with E-state index in [4.69, 9.17) is 14.2 Å². The molecule has 1 aromatic heterocycles. The largest absolute Gasteiger partial charge is 0.493 e. The van der Waals surface area contributed by atoms with Crippen molar-refractivity contribution < 1.29 is 24.1 Å². The number of methoxy groups -OCH3 is 2. The van der Waals surface area contributed by atoms with Gasteiger partial charge in [0, 0.05) is 19.2 Å². The summed E-state index contributed by atoms with van der Waals surface area (Å²) in [7, 11) is 3.15. The van der Waals surface area contributed by atoms with E-state index in [1.54, 1.807) is 31.4 Å². The second kappa shape index (κ2) is 9.57. The van der Waals surface area contributed by atoms with Crippen LogP contribution in [0.4, 0.5) is 0 Å². The number of nitrogens with one attached hydrogen (secondary N) is 1. The monoisotopic (exact) mass is 389 g/mol. The fraction of sp³-hybridized carbons (Fsp3) is 0.500. The molecule has 1 aromatic carbocycles.